The third-order valence-electron chi connectivity index (χ3n) is 3.20. The summed E-state index contributed by atoms with van der Waals surface area (Å²) >= 11 is 6.27. The van der Waals surface area contributed by atoms with Crippen LogP contribution in [-0.2, 0) is 9.53 Å². The van der Waals surface area contributed by atoms with Gasteiger partial charge in [-0.1, -0.05) is 40.2 Å². The van der Waals surface area contributed by atoms with Crippen molar-refractivity contribution in [3.63, 3.8) is 0 Å². The zero-order valence-corrected chi connectivity index (χ0v) is 12.5. The molecule has 96 valence electrons. The number of ketones is 2. The van der Waals surface area contributed by atoms with E-state index in [9.17, 15) is 14.4 Å². The Morgan fingerprint density at radius 1 is 0.947 bits per heavy atom. The summed E-state index contributed by atoms with van der Waals surface area (Å²) in [5, 5.41) is 0. The van der Waals surface area contributed by atoms with Crippen molar-refractivity contribution in [3.8, 4) is 0 Å². The Labute approximate surface area is 125 Å². The number of hydrogen-bond donors (Lipinski definition) is 0. The van der Waals surface area contributed by atoms with Gasteiger partial charge in [-0.15, -0.1) is 0 Å². The summed E-state index contributed by atoms with van der Waals surface area (Å²) < 4.78 is 5.71. The maximum Gasteiger partial charge on any atom is 0.346 e. The van der Waals surface area contributed by atoms with Crippen LogP contribution in [-0.4, -0.2) is 23.6 Å². The average Bonchev–Trinajstić information content (AvgIpc) is 2.80. The Morgan fingerprint density at radius 2 is 1.47 bits per heavy atom. The van der Waals surface area contributed by atoms with Gasteiger partial charge in [-0.05, 0) is 15.9 Å². The fourth-order valence-corrected chi connectivity index (χ4v) is 3.14. The lowest BCUT2D eigenvalue weighted by Gasteiger charge is -2.15. The lowest BCUT2D eigenvalue weighted by molar-refractivity contribution is -0.139. The zero-order chi connectivity index (χ0) is 13.7. The minimum atomic E-state index is -0.995. The van der Waals surface area contributed by atoms with E-state index in [1.165, 1.54) is 0 Å². The van der Waals surface area contributed by atoms with Gasteiger partial charge in [0.15, 0.2) is 17.7 Å². The van der Waals surface area contributed by atoms with Crippen molar-refractivity contribution in [2.75, 3.05) is 0 Å². The van der Waals surface area contributed by atoms with Crippen LogP contribution in [0.3, 0.4) is 0 Å². The quantitative estimate of drug-likeness (QED) is 0.550. The van der Waals surface area contributed by atoms with Crippen molar-refractivity contribution in [1.82, 2.24) is 0 Å². The van der Waals surface area contributed by atoms with Crippen molar-refractivity contribution < 1.29 is 19.1 Å². The summed E-state index contributed by atoms with van der Waals surface area (Å²) in [7, 11) is 0. The number of ether oxygens (including phenoxy) is 1. The predicted molar refractivity (Wildman–Crippen MR) is 73.4 cm³/mol. The topological polar surface area (TPSA) is 60.4 Å². The van der Waals surface area contributed by atoms with Crippen LogP contribution in [0.4, 0.5) is 0 Å². The number of hydrogen-bond acceptors (Lipinski definition) is 4. The van der Waals surface area contributed by atoms with E-state index in [1.807, 2.05) is 0 Å². The maximum absolute atomic E-state index is 12.3. The van der Waals surface area contributed by atoms with E-state index in [4.69, 9.17) is 4.74 Å². The van der Waals surface area contributed by atoms with Gasteiger partial charge in [-0.25, -0.2) is 4.79 Å². The molecule has 0 saturated heterocycles. The molecule has 3 rings (SSSR count). The molecular formula is C13H6Br2O4. The molecule has 0 N–H and O–H groups in total. The third-order valence-corrected chi connectivity index (χ3v) is 5.33. The van der Waals surface area contributed by atoms with Crippen molar-refractivity contribution in [3.05, 3.63) is 44.4 Å². The molecule has 0 spiro atoms. The summed E-state index contributed by atoms with van der Waals surface area (Å²) in [5.41, 5.74) is 0.772. The Hall–Kier alpha value is -1.27. The van der Waals surface area contributed by atoms with Crippen LogP contribution < -0.4 is 0 Å². The Bertz CT molecular complexity index is 627. The molecule has 2 aliphatic rings. The van der Waals surface area contributed by atoms with E-state index in [2.05, 4.69) is 31.9 Å². The fraction of sp³-hybridized carbons (Fsp3) is 0.154. The highest BCUT2D eigenvalue weighted by molar-refractivity contribution is 9.14. The van der Waals surface area contributed by atoms with Gasteiger partial charge in [0.05, 0.1) is 4.48 Å². The van der Waals surface area contributed by atoms with Crippen molar-refractivity contribution >= 4 is 49.4 Å². The molecule has 1 aromatic rings. The SMILES string of the molecule is O=C1O[C@@H](C2C(=O)c3ccccc3C2=O)C(Br)=C1Br. The van der Waals surface area contributed by atoms with Gasteiger partial charge < -0.3 is 4.74 Å². The number of halogens is 2. The molecule has 0 fully saturated rings. The second-order valence-electron chi connectivity index (χ2n) is 4.24. The van der Waals surface area contributed by atoms with Crippen molar-refractivity contribution in [2.45, 2.75) is 6.10 Å². The minimum absolute atomic E-state index is 0.217. The molecule has 6 heteroatoms. The summed E-state index contributed by atoms with van der Waals surface area (Å²) in [5.74, 6) is -2.19. The number of benzene rings is 1. The van der Waals surface area contributed by atoms with Gasteiger partial charge in [-0.3, -0.25) is 9.59 Å². The van der Waals surface area contributed by atoms with Crippen LogP contribution in [0.25, 0.3) is 0 Å². The second kappa shape index (κ2) is 4.38. The van der Waals surface area contributed by atoms with Gasteiger partial charge in [0.2, 0.25) is 0 Å². The molecule has 1 aliphatic carbocycles. The molecule has 1 atom stereocenters. The molecule has 0 saturated carbocycles. The van der Waals surface area contributed by atoms with E-state index in [-0.39, 0.29) is 16.0 Å². The fourth-order valence-electron chi connectivity index (χ4n) is 2.30. The number of rotatable bonds is 1. The van der Waals surface area contributed by atoms with E-state index in [0.29, 0.717) is 15.6 Å². The van der Waals surface area contributed by atoms with E-state index >= 15 is 0 Å². The number of esters is 1. The molecular weight excluding hydrogens is 380 g/mol. The largest absolute Gasteiger partial charge is 0.452 e. The summed E-state index contributed by atoms with van der Waals surface area (Å²) in [6.07, 6.45) is -0.880. The molecule has 1 heterocycles. The maximum atomic E-state index is 12.3. The highest BCUT2D eigenvalue weighted by atomic mass is 79.9. The Balaban J connectivity index is 2.05. The van der Waals surface area contributed by atoms with Crippen molar-refractivity contribution in [2.24, 2.45) is 5.92 Å². The van der Waals surface area contributed by atoms with Gasteiger partial charge in [0.25, 0.3) is 0 Å². The smallest absolute Gasteiger partial charge is 0.346 e. The molecule has 4 nitrogen and oxygen atoms in total. The van der Waals surface area contributed by atoms with Crippen LogP contribution in [0.2, 0.25) is 0 Å². The molecule has 0 bridgehead atoms. The first-order chi connectivity index (χ1) is 9.02. The molecule has 0 radical (unpaired) electrons. The second-order valence-corrected chi connectivity index (χ2v) is 5.89. The molecule has 1 aromatic carbocycles. The minimum Gasteiger partial charge on any atom is -0.452 e. The standard InChI is InChI=1S/C13H6Br2O4/c14-8-9(15)13(18)19-12(8)7-10(16)5-3-1-2-4-6(5)11(7)17/h1-4,7,12H/t12-/m0/s1. The number of carbonyl (C=O) groups is 3. The monoisotopic (exact) mass is 384 g/mol. The van der Waals surface area contributed by atoms with Crippen LogP contribution in [0.5, 0.6) is 0 Å². The first kappa shape index (κ1) is 12.7. The van der Waals surface area contributed by atoms with Crippen LogP contribution in [0, 0.1) is 5.92 Å². The number of carbonyl (C=O) groups excluding carboxylic acids is 3. The van der Waals surface area contributed by atoms with E-state index in [1.54, 1.807) is 24.3 Å². The Kier molecular flexibility index (Phi) is 2.94. The van der Waals surface area contributed by atoms with E-state index < -0.39 is 18.0 Å². The highest BCUT2D eigenvalue weighted by Crippen LogP contribution is 2.40. The molecule has 0 unspecified atom stereocenters. The molecule has 19 heavy (non-hydrogen) atoms. The first-order valence-corrected chi connectivity index (χ1v) is 7.04. The lowest BCUT2D eigenvalue weighted by atomic mass is 9.97. The number of Topliss-reactive ketones (excluding diaryl/α,β-unsaturated/α-hetero) is 2. The summed E-state index contributed by atoms with van der Waals surface area (Å²) in [4.78, 5) is 36.0. The third kappa shape index (κ3) is 1.74. The first-order valence-electron chi connectivity index (χ1n) is 5.46. The van der Waals surface area contributed by atoms with E-state index in [0.717, 1.165) is 0 Å². The van der Waals surface area contributed by atoms with Gasteiger partial charge in [0, 0.05) is 11.1 Å². The van der Waals surface area contributed by atoms with Crippen molar-refractivity contribution in [1.29, 1.82) is 0 Å². The normalized spacial score (nSPS) is 23.1. The lowest BCUT2D eigenvalue weighted by Crippen LogP contribution is -2.31. The predicted octanol–water partition coefficient (Wildman–Crippen LogP) is 2.61. The summed E-state index contributed by atoms with van der Waals surface area (Å²) in [6.45, 7) is 0. The van der Waals surface area contributed by atoms with Gasteiger partial charge in [0.1, 0.15) is 10.4 Å². The highest BCUT2D eigenvalue weighted by Gasteiger charge is 2.49. The Morgan fingerprint density at radius 3 is 1.89 bits per heavy atom. The number of cyclic esters (lactones) is 1. The molecule has 0 aromatic heterocycles. The van der Waals surface area contributed by atoms with Gasteiger partial charge >= 0.3 is 5.97 Å². The van der Waals surface area contributed by atoms with Crippen LogP contribution >= 0.6 is 31.9 Å². The molecule has 0 amide bonds. The summed E-state index contributed by atoms with van der Waals surface area (Å²) in [6, 6.07) is 6.62. The zero-order valence-electron chi connectivity index (χ0n) is 9.35. The van der Waals surface area contributed by atoms with Crippen LogP contribution in [0.15, 0.2) is 33.2 Å². The van der Waals surface area contributed by atoms with Gasteiger partial charge in [-0.2, -0.15) is 0 Å². The van der Waals surface area contributed by atoms with Crippen LogP contribution in [0.1, 0.15) is 20.7 Å². The average molecular weight is 386 g/mol. The molecule has 1 aliphatic heterocycles. The number of fused-ring (bicyclic) bond motifs is 1.